The molecule has 0 unspecified atom stereocenters. The van der Waals surface area contributed by atoms with Crippen molar-refractivity contribution in [3.8, 4) is 0 Å². The van der Waals surface area contributed by atoms with Crippen LogP contribution in [0.4, 0.5) is 11.6 Å². The van der Waals surface area contributed by atoms with Crippen LogP contribution in [-0.4, -0.2) is 27.2 Å². The van der Waals surface area contributed by atoms with Gasteiger partial charge < -0.3 is 16.2 Å². The number of nitrogens with zero attached hydrogens (tertiary/aromatic N) is 2. The molecule has 0 spiro atoms. The highest BCUT2D eigenvalue weighted by Gasteiger charge is 2.26. The van der Waals surface area contributed by atoms with Crippen LogP contribution in [0.1, 0.15) is 45.6 Å². The van der Waals surface area contributed by atoms with E-state index in [0.717, 1.165) is 37.1 Å². The molecule has 0 atom stereocenters. The molecule has 0 aromatic carbocycles. The maximum atomic E-state index is 9.59. The van der Waals surface area contributed by atoms with E-state index in [1.165, 1.54) is 6.33 Å². The Morgan fingerprint density at radius 3 is 2.44 bits per heavy atom. The van der Waals surface area contributed by atoms with Gasteiger partial charge in [-0.15, -0.1) is 0 Å². The van der Waals surface area contributed by atoms with Crippen molar-refractivity contribution in [1.29, 1.82) is 0 Å². The quantitative estimate of drug-likeness (QED) is 0.691. The first-order valence-electron chi connectivity index (χ1n) is 6.60. The van der Waals surface area contributed by atoms with Crippen molar-refractivity contribution in [3.63, 3.8) is 0 Å². The number of nitrogens with one attached hydrogen (secondary N) is 1. The van der Waals surface area contributed by atoms with E-state index in [1.54, 1.807) is 0 Å². The van der Waals surface area contributed by atoms with Crippen molar-refractivity contribution < 1.29 is 5.11 Å². The fourth-order valence-electron chi connectivity index (χ4n) is 1.97. The summed E-state index contributed by atoms with van der Waals surface area (Å²) in [4.78, 5) is 8.30. The summed E-state index contributed by atoms with van der Waals surface area (Å²) in [6.45, 7) is 6.28. The Morgan fingerprint density at radius 2 is 1.94 bits per heavy atom. The predicted octanol–water partition coefficient (Wildman–Crippen LogP) is 1.97. The summed E-state index contributed by atoms with van der Waals surface area (Å²) in [6.07, 6.45) is 4.94. The van der Waals surface area contributed by atoms with E-state index in [0.29, 0.717) is 5.82 Å². The minimum atomic E-state index is -0.330. The zero-order chi connectivity index (χ0) is 13.6. The first-order valence-corrected chi connectivity index (χ1v) is 6.60. The second-order valence-electron chi connectivity index (χ2n) is 4.61. The Hall–Kier alpha value is -1.36. The molecule has 0 amide bonds. The minimum Gasteiger partial charge on any atom is -0.394 e. The van der Waals surface area contributed by atoms with Crippen LogP contribution < -0.4 is 11.1 Å². The molecule has 1 aromatic rings. The van der Waals surface area contributed by atoms with Gasteiger partial charge in [0.25, 0.3) is 0 Å². The topological polar surface area (TPSA) is 84.1 Å². The molecule has 0 saturated heterocycles. The van der Waals surface area contributed by atoms with Gasteiger partial charge in [0, 0.05) is 5.56 Å². The van der Waals surface area contributed by atoms with Crippen molar-refractivity contribution in [1.82, 2.24) is 9.97 Å². The molecular formula is C13H24N4O. The number of anilines is 2. The first-order chi connectivity index (χ1) is 8.62. The minimum absolute atomic E-state index is 0.0788. The number of hydrogen-bond donors (Lipinski definition) is 3. The van der Waals surface area contributed by atoms with E-state index in [-0.39, 0.29) is 12.1 Å². The van der Waals surface area contributed by atoms with E-state index in [9.17, 15) is 5.11 Å². The predicted molar refractivity (Wildman–Crippen MR) is 74.5 cm³/mol. The van der Waals surface area contributed by atoms with Crippen LogP contribution >= 0.6 is 0 Å². The van der Waals surface area contributed by atoms with E-state index < -0.39 is 0 Å². The van der Waals surface area contributed by atoms with Gasteiger partial charge in [0.1, 0.15) is 18.0 Å². The lowest BCUT2D eigenvalue weighted by molar-refractivity contribution is 0.202. The van der Waals surface area contributed by atoms with Gasteiger partial charge in [-0.25, -0.2) is 9.97 Å². The monoisotopic (exact) mass is 252 g/mol. The van der Waals surface area contributed by atoms with Crippen LogP contribution in [0.2, 0.25) is 0 Å². The van der Waals surface area contributed by atoms with Crippen LogP contribution in [0.5, 0.6) is 0 Å². The smallest absolute Gasteiger partial charge is 0.135 e. The third kappa shape index (κ3) is 3.10. The third-order valence-electron chi connectivity index (χ3n) is 3.52. The van der Waals surface area contributed by atoms with Gasteiger partial charge in [0.2, 0.25) is 0 Å². The van der Waals surface area contributed by atoms with Crippen molar-refractivity contribution in [3.05, 3.63) is 11.9 Å². The summed E-state index contributed by atoms with van der Waals surface area (Å²) in [6, 6.07) is 0. The Labute approximate surface area is 109 Å². The molecule has 1 heterocycles. The average molecular weight is 252 g/mol. The molecule has 0 aliphatic carbocycles. The second kappa shape index (κ2) is 6.54. The van der Waals surface area contributed by atoms with Crippen LogP contribution in [0.15, 0.2) is 6.33 Å². The number of hydrogen-bond acceptors (Lipinski definition) is 5. The molecule has 0 bridgehead atoms. The van der Waals surface area contributed by atoms with E-state index >= 15 is 0 Å². The maximum absolute atomic E-state index is 9.59. The molecule has 102 valence electrons. The number of rotatable bonds is 7. The lowest BCUT2D eigenvalue weighted by atomic mass is 9.93. The molecule has 1 aromatic heterocycles. The van der Waals surface area contributed by atoms with Crippen LogP contribution in [0.3, 0.4) is 0 Å². The highest BCUT2D eigenvalue weighted by atomic mass is 16.3. The maximum Gasteiger partial charge on any atom is 0.135 e. The third-order valence-corrected chi connectivity index (χ3v) is 3.52. The number of nitrogens with two attached hydrogens (primary N) is 1. The summed E-state index contributed by atoms with van der Waals surface area (Å²) in [5.41, 5.74) is 6.51. The Morgan fingerprint density at radius 1 is 1.28 bits per heavy atom. The highest BCUT2D eigenvalue weighted by molar-refractivity contribution is 5.56. The fourth-order valence-corrected chi connectivity index (χ4v) is 1.97. The van der Waals surface area contributed by atoms with Crippen molar-refractivity contribution in [2.45, 2.75) is 52.0 Å². The molecule has 0 fully saturated rings. The van der Waals surface area contributed by atoms with Gasteiger partial charge in [-0.3, -0.25) is 0 Å². The summed E-state index contributed by atoms with van der Waals surface area (Å²) >= 11 is 0. The van der Waals surface area contributed by atoms with Gasteiger partial charge in [0.15, 0.2) is 0 Å². The van der Waals surface area contributed by atoms with Gasteiger partial charge >= 0.3 is 0 Å². The summed E-state index contributed by atoms with van der Waals surface area (Å²) in [7, 11) is 0. The number of aromatic nitrogens is 2. The van der Waals surface area contributed by atoms with Gasteiger partial charge in [-0.2, -0.15) is 0 Å². The number of aliphatic hydroxyl groups excluding tert-OH is 1. The molecule has 0 aliphatic heterocycles. The van der Waals surface area contributed by atoms with Crippen molar-refractivity contribution >= 4 is 11.6 Å². The van der Waals surface area contributed by atoms with Crippen LogP contribution in [-0.2, 0) is 6.42 Å². The molecule has 5 heteroatoms. The summed E-state index contributed by atoms with van der Waals surface area (Å²) in [5.74, 6) is 1.27. The molecule has 4 N–H and O–H groups in total. The molecule has 18 heavy (non-hydrogen) atoms. The number of aliphatic hydroxyl groups is 1. The van der Waals surface area contributed by atoms with E-state index in [4.69, 9.17) is 5.73 Å². The highest BCUT2D eigenvalue weighted by Crippen LogP contribution is 2.25. The molecule has 1 rings (SSSR count). The largest absolute Gasteiger partial charge is 0.394 e. The first kappa shape index (κ1) is 14.7. The lowest BCUT2D eigenvalue weighted by Crippen LogP contribution is -2.41. The zero-order valence-corrected chi connectivity index (χ0v) is 11.5. The SMILES string of the molecule is CCCc1c(N)ncnc1NC(CC)(CC)CO. The zero-order valence-electron chi connectivity index (χ0n) is 11.5. The second-order valence-corrected chi connectivity index (χ2v) is 4.61. The fraction of sp³-hybridized carbons (Fsp3) is 0.692. The summed E-state index contributed by atoms with van der Waals surface area (Å²) < 4.78 is 0. The Balaban J connectivity index is 3.05. The van der Waals surface area contributed by atoms with Gasteiger partial charge in [-0.1, -0.05) is 27.2 Å². The van der Waals surface area contributed by atoms with Crippen molar-refractivity contribution in [2.24, 2.45) is 0 Å². The van der Waals surface area contributed by atoms with Gasteiger partial charge in [0.05, 0.1) is 12.1 Å². The summed E-state index contributed by atoms with van der Waals surface area (Å²) in [5, 5.41) is 12.9. The van der Waals surface area contributed by atoms with Crippen molar-refractivity contribution in [2.75, 3.05) is 17.7 Å². The van der Waals surface area contributed by atoms with Crippen LogP contribution in [0, 0.1) is 0 Å². The van der Waals surface area contributed by atoms with Crippen LogP contribution in [0.25, 0.3) is 0 Å². The average Bonchev–Trinajstić information content (AvgIpc) is 2.40. The molecule has 5 nitrogen and oxygen atoms in total. The molecule has 0 radical (unpaired) electrons. The number of nitrogen functional groups attached to an aromatic ring is 1. The van der Waals surface area contributed by atoms with Gasteiger partial charge in [-0.05, 0) is 19.3 Å². The normalized spacial score (nSPS) is 11.6. The molecule has 0 aliphatic rings. The lowest BCUT2D eigenvalue weighted by Gasteiger charge is -2.32. The van der Waals surface area contributed by atoms with E-state index in [2.05, 4.69) is 36.1 Å². The molecule has 0 saturated carbocycles. The Bertz CT molecular complexity index is 369. The standard InChI is InChI=1S/C13H24N4O/c1-4-7-10-11(14)15-9-16-12(10)17-13(5-2,6-3)8-18/h9,18H,4-8H2,1-3H3,(H3,14,15,16,17). The molecular weight excluding hydrogens is 228 g/mol. The Kier molecular flexibility index (Phi) is 5.34. The van der Waals surface area contributed by atoms with E-state index in [1.807, 2.05) is 0 Å².